The van der Waals surface area contributed by atoms with Crippen LogP contribution in [-0.2, 0) is 0 Å². The highest BCUT2D eigenvalue weighted by Gasteiger charge is 2.20. The third-order valence-electron chi connectivity index (χ3n) is 3.75. The number of benzene rings is 1. The van der Waals surface area contributed by atoms with Crippen molar-refractivity contribution < 1.29 is 0 Å². The summed E-state index contributed by atoms with van der Waals surface area (Å²) in [6.45, 7) is 2.10. The average Bonchev–Trinajstić information content (AvgIpc) is 2.97. The smallest absolute Gasteiger partial charge is 0.122 e. The van der Waals surface area contributed by atoms with E-state index in [4.69, 9.17) is 10.8 Å². The van der Waals surface area contributed by atoms with Gasteiger partial charge in [-0.15, -0.1) is 0 Å². The van der Waals surface area contributed by atoms with Gasteiger partial charge in [0.05, 0.1) is 11.7 Å². The van der Waals surface area contributed by atoms with Gasteiger partial charge >= 0.3 is 0 Å². The summed E-state index contributed by atoms with van der Waals surface area (Å²) in [5.74, 6) is 0.790. The summed E-state index contributed by atoms with van der Waals surface area (Å²) in [6.07, 6.45) is 5.01. The molecule has 1 fully saturated rings. The predicted octanol–water partition coefficient (Wildman–Crippen LogP) is 3.56. The topological polar surface area (TPSA) is 43.8 Å². The Labute approximate surface area is 108 Å². The van der Waals surface area contributed by atoms with Crippen molar-refractivity contribution in [2.24, 2.45) is 0 Å². The maximum absolute atomic E-state index is 6.10. The van der Waals surface area contributed by atoms with E-state index in [1.807, 2.05) is 10.7 Å². The highest BCUT2D eigenvalue weighted by molar-refractivity contribution is 5.63. The lowest BCUT2D eigenvalue weighted by atomic mass is 10.1. The number of aromatic nitrogens is 2. The second-order valence-corrected chi connectivity index (χ2v) is 5.21. The summed E-state index contributed by atoms with van der Waals surface area (Å²) >= 11 is 0. The van der Waals surface area contributed by atoms with Gasteiger partial charge in [-0.1, -0.05) is 36.6 Å². The summed E-state index contributed by atoms with van der Waals surface area (Å²) in [5, 5.41) is 4.69. The van der Waals surface area contributed by atoms with Crippen LogP contribution in [0.4, 0.5) is 5.82 Å². The molecule has 0 bridgehead atoms. The quantitative estimate of drug-likeness (QED) is 0.873. The molecule has 1 aliphatic rings. The number of anilines is 1. The van der Waals surface area contributed by atoms with Gasteiger partial charge in [0.1, 0.15) is 5.82 Å². The second kappa shape index (κ2) is 4.48. The van der Waals surface area contributed by atoms with Crippen LogP contribution in [0, 0.1) is 6.92 Å². The van der Waals surface area contributed by atoms with E-state index in [0.717, 1.165) is 17.1 Å². The van der Waals surface area contributed by atoms with Crippen LogP contribution in [0.25, 0.3) is 11.3 Å². The predicted molar refractivity (Wildman–Crippen MR) is 74.3 cm³/mol. The van der Waals surface area contributed by atoms with Crippen molar-refractivity contribution in [2.75, 3.05) is 5.73 Å². The van der Waals surface area contributed by atoms with E-state index in [0.29, 0.717) is 6.04 Å². The molecule has 1 aromatic carbocycles. The van der Waals surface area contributed by atoms with Crippen LogP contribution in [0.1, 0.15) is 37.3 Å². The SMILES string of the molecule is Cc1cccc(-c2cc(N)n(C3CCCC3)n2)c1. The first kappa shape index (κ1) is 11.3. The van der Waals surface area contributed by atoms with E-state index in [2.05, 4.69) is 31.2 Å². The van der Waals surface area contributed by atoms with Gasteiger partial charge in [-0.2, -0.15) is 5.10 Å². The van der Waals surface area contributed by atoms with Crippen molar-refractivity contribution in [1.82, 2.24) is 9.78 Å². The molecule has 0 radical (unpaired) electrons. The number of nitrogens with two attached hydrogens (primary N) is 1. The normalized spacial score (nSPS) is 16.3. The molecule has 3 heteroatoms. The number of nitrogens with zero attached hydrogens (tertiary/aromatic N) is 2. The Morgan fingerprint density at radius 2 is 2.00 bits per heavy atom. The minimum Gasteiger partial charge on any atom is -0.384 e. The molecule has 0 unspecified atom stereocenters. The molecule has 18 heavy (non-hydrogen) atoms. The van der Waals surface area contributed by atoms with Gasteiger partial charge in [-0.3, -0.25) is 0 Å². The van der Waals surface area contributed by atoms with Gasteiger partial charge in [0.25, 0.3) is 0 Å². The maximum atomic E-state index is 6.10. The number of hydrogen-bond acceptors (Lipinski definition) is 2. The average molecular weight is 241 g/mol. The first-order valence-corrected chi connectivity index (χ1v) is 6.66. The zero-order valence-electron chi connectivity index (χ0n) is 10.8. The van der Waals surface area contributed by atoms with Gasteiger partial charge in [-0.05, 0) is 25.8 Å². The Morgan fingerprint density at radius 1 is 1.22 bits per heavy atom. The third kappa shape index (κ3) is 2.01. The monoisotopic (exact) mass is 241 g/mol. The van der Waals surface area contributed by atoms with Crippen molar-refractivity contribution in [3.8, 4) is 11.3 Å². The lowest BCUT2D eigenvalue weighted by molar-refractivity contribution is 0.475. The fourth-order valence-corrected chi connectivity index (χ4v) is 2.80. The molecule has 0 amide bonds. The zero-order valence-corrected chi connectivity index (χ0v) is 10.8. The molecule has 1 heterocycles. The van der Waals surface area contributed by atoms with Crippen LogP contribution in [0.3, 0.4) is 0 Å². The largest absolute Gasteiger partial charge is 0.384 e. The summed E-state index contributed by atoms with van der Waals surface area (Å²) in [4.78, 5) is 0. The first-order chi connectivity index (χ1) is 8.74. The van der Waals surface area contributed by atoms with Crippen molar-refractivity contribution in [3.05, 3.63) is 35.9 Å². The summed E-state index contributed by atoms with van der Waals surface area (Å²) in [6, 6.07) is 10.9. The van der Waals surface area contributed by atoms with Crippen molar-refractivity contribution in [2.45, 2.75) is 38.6 Å². The van der Waals surface area contributed by atoms with Crippen molar-refractivity contribution in [1.29, 1.82) is 0 Å². The van der Waals surface area contributed by atoms with E-state index < -0.39 is 0 Å². The van der Waals surface area contributed by atoms with Crippen LogP contribution in [-0.4, -0.2) is 9.78 Å². The summed E-state index contributed by atoms with van der Waals surface area (Å²) in [7, 11) is 0. The van der Waals surface area contributed by atoms with Crippen LogP contribution in [0.5, 0.6) is 0 Å². The minimum absolute atomic E-state index is 0.503. The highest BCUT2D eigenvalue weighted by atomic mass is 15.3. The molecule has 1 saturated carbocycles. The molecule has 3 rings (SSSR count). The van der Waals surface area contributed by atoms with Crippen LogP contribution < -0.4 is 5.73 Å². The molecule has 1 aliphatic carbocycles. The molecule has 0 saturated heterocycles. The molecule has 94 valence electrons. The van der Waals surface area contributed by atoms with E-state index in [-0.39, 0.29) is 0 Å². The first-order valence-electron chi connectivity index (χ1n) is 6.66. The Balaban J connectivity index is 1.96. The Bertz CT molecular complexity index is 551. The highest BCUT2D eigenvalue weighted by Crippen LogP contribution is 2.32. The molecular weight excluding hydrogens is 222 g/mol. The number of hydrogen-bond donors (Lipinski definition) is 1. The van der Waals surface area contributed by atoms with E-state index in [1.165, 1.54) is 31.2 Å². The molecule has 2 N–H and O–H groups in total. The molecule has 1 aromatic heterocycles. The van der Waals surface area contributed by atoms with Crippen LogP contribution >= 0.6 is 0 Å². The van der Waals surface area contributed by atoms with Gasteiger partial charge in [0, 0.05) is 11.6 Å². The molecule has 0 atom stereocenters. The van der Waals surface area contributed by atoms with Gasteiger partial charge < -0.3 is 5.73 Å². The van der Waals surface area contributed by atoms with Gasteiger partial charge in [-0.25, -0.2) is 4.68 Å². The molecule has 0 aliphatic heterocycles. The lowest BCUT2D eigenvalue weighted by Gasteiger charge is -2.11. The number of aryl methyl sites for hydroxylation is 1. The fraction of sp³-hybridized carbons (Fsp3) is 0.400. The fourth-order valence-electron chi connectivity index (χ4n) is 2.80. The number of nitrogen functional groups attached to an aromatic ring is 1. The maximum Gasteiger partial charge on any atom is 0.122 e. The molecule has 2 aromatic rings. The molecular formula is C15H19N3. The van der Waals surface area contributed by atoms with Gasteiger partial charge in [0.15, 0.2) is 0 Å². The van der Waals surface area contributed by atoms with Crippen molar-refractivity contribution in [3.63, 3.8) is 0 Å². The summed E-state index contributed by atoms with van der Waals surface area (Å²) < 4.78 is 2.02. The standard InChI is InChI=1S/C15H19N3/c1-11-5-4-6-12(9-11)14-10-15(16)18(17-14)13-7-2-3-8-13/h4-6,9-10,13H,2-3,7-8,16H2,1H3. The van der Waals surface area contributed by atoms with Crippen LogP contribution in [0.2, 0.25) is 0 Å². The van der Waals surface area contributed by atoms with Gasteiger partial charge in [0.2, 0.25) is 0 Å². The van der Waals surface area contributed by atoms with E-state index in [9.17, 15) is 0 Å². The Hall–Kier alpha value is -1.77. The zero-order chi connectivity index (χ0) is 12.5. The lowest BCUT2D eigenvalue weighted by Crippen LogP contribution is -2.09. The van der Waals surface area contributed by atoms with Crippen molar-refractivity contribution >= 4 is 5.82 Å². The van der Waals surface area contributed by atoms with Crippen LogP contribution in [0.15, 0.2) is 30.3 Å². The Morgan fingerprint density at radius 3 is 2.72 bits per heavy atom. The molecule has 3 nitrogen and oxygen atoms in total. The number of rotatable bonds is 2. The molecule has 0 spiro atoms. The van der Waals surface area contributed by atoms with E-state index in [1.54, 1.807) is 0 Å². The Kier molecular flexibility index (Phi) is 2.82. The summed E-state index contributed by atoms with van der Waals surface area (Å²) in [5.41, 5.74) is 9.49. The van der Waals surface area contributed by atoms with E-state index >= 15 is 0 Å². The minimum atomic E-state index is 0.503. The second-order valence-electron chi connectivity index (χ2n) is 5.21. The third-order valence-corrected chi connectivity index (χ3v) is 3.75.